The molecular weight excluding hydrogens is 278 g/mol. The second kappa shape index (κ2) is 13.8. The molecule has 0 bridgehead atoms. The fourth-order valence-corrected chi connectivity index (χ4v) is 3.27. The maximum absolute atomic E-state index is 9.11. The first kappa shape index (κ1) is 21.1. The molecule has 1 N–H and O–H groups in total. The first-order valence-electron chi connectivity index (χ1n) is 8.24. The van der Waals surface area contributed by atoms with E-state index in [2.05, 4.69) is 18.7 Å². The van der Waals surface area contributed by atoms with Crippen molar-refractivity contribution in [3.63, 3.8) is 0 Å². The van der Waals surface area contributed by atoms with Gasteiger partial charge in [0.2, 0.25) is 0 Å². The number of nitrogens with zero attached hydrogens (tertiary/aromatic N) is 1. The Hall–Kier alpha value is 1.14. The molecule has 0 radical (unpaired) electrons. The van der Waals surface area contributed by atoms with Crippen LogP contribution in [0.5, 0.6) is 0 Å². The molecule has 4 heteroatoms. The predicted octanol–water partition coefficient (Wildman–Crippen LogP) is 2.15. The van der Waals surface area contributed by atoms with Crippen molar-refractivity contribution in [3.05, 3.63) is 0 Å². The van der Waals surface area contributed by atoms with Crippen molar-refractivity contribution < 1.29 is 9.84 Å². The fourth-order valence-electron chi connectivity index (χ4n) is 3.27. The molecule has 1 atom stereocenters. The van der Waals surface area contributed by atoms with E-state index in [9.17, 15) is 0 Å². The van der Waals surface area contributed by atoms with E-state index in [1.807, 2.05) is 0 Å². The maximum atomic E-state index is 9.11. The van der Waals surface area contributed by atoms with Crippen molar-refractivity contribution in [2.45, 2.75) is 64.8 Å². The van der Waals surface area contributed by atoms with Gasteiger partial charge < -0.3 is 9.84 Å². The standard InChI is InChI=1S/C16H33NO2.Ca.2H/c1-3-6-15(7-4-2)8-5-9-16-14-19-13-11-17(16)10-12-18;;;/h15-16,18H,3-14H2,1-2H3;;;. The van der Waals surface area contributed by atoms with Gasteiger partial charge in [0, 0.05) is 19.1 Å². The summed E-state index contributed by atoms with van der Waals surface area (Å²) in [5.41, 5.74) is 0. The quantitative estimate of drug-likeness (QED) is 0.627. The summed E-state index contributed by atoms with van der Waals surface area (Å²) in [7, 11) is 0. The third kappa shape index (κ3) is 8.55. The van der Waals surface area contributed by atoms with E-state index in [1.165, 1.54) is 44.9 Å². The average Bonchev–Trinajstić information content (AvgIpc) is 2.41. The first-order valence-corrected chi connectivity index (χ1v) is 8.24. The number of aliphatic hydroxyl groups excluding tert-OH is 1. The Morgan fingerprint density at radius 1 is 1.20 bits per heavy atom. The molecule has 0 aromatic carbocycles. The number of ether oxygens (including phenoxy) is 1. The summed E-state index contributed by atoms with van der Waals surface area (Å²) in [6.07, 6.45) is 9.29. The summed E-state index contributed by atoms with van der Waals surface area (Å²) >= 11 is 0. The van der Waals surface area contributed by atoms with E-state index in [4.69, 9.17) is 9.84 Å². The molecule has 1 aliphatic heterocycles. The topological polar surface area (TPSA) is 32.7 Å². The second-order valence-corrected chi connectivity index (χ2v) is 5.86. The molecule has 1 heterocycles. The number of morpholine rings is 1. The van der Waals surface area contributed by atoms with Crippen LogP contribution in [0.3, 0.4) is 0 Å². The molecule has 1 unspecified atom stereocenters. The minimum absolute atomic E-state index is 0. The zero-order chi connectivity index (χ0) is 13.9. The third-order valence-electron chi connectivity index (χ3n) is 4.28. The van der Waals surface area contributed by atoms with E-state index in [0.717, 1.165) is 32.2 Å². The van der Waals surface area contributed by atoms with E-state index in [-0.39, 0.29) is 44.3 Å². The van der Waals surface area contributed by atoms with Crippen LogP contribution in [0.15, 0.2) is 0 Å². The summed E-state index contributed by atoms with van der Waals surface area (Å²) in [5, 5.41) is 9.11. The number of β-amino-alcohol motifs (C(OH)–C–C–N with tert-alkyl or cyclic N) is 1. The Bertz CT molecular complexity index is 209. The van der Waals surface area contributed by atoms with Gasteiger partial charge in [-0.15, -0.1) is 0 Å². The number of rotatable bonds is 10. The third-order valence-corrected chi connectivity index (χ3v) is 4.28. The van der Waals surface area contributed by atoms with Crippen LogP contribution in [0.25, 0.3) is 0 Å². The molecule has 1 aliphatic rings. The van der Waals surface area contributed by atoms with Crippen LogP contribution in [0, 0.1) is 5.92 Å². The molecule has 0 saturated carbocycles. The Morgan fingerprint density at radius 3 is 2.50 bits per heavy atom. The summed E-state index contributed by atoms with van der Waals surface area (Å²) in [6.45, 7) is 8.32. The van der Waals surface area contributed by atoms with Gasteiger partial charge in [-0.05, 0) is 12.3 Å². The molecule has 20 heavy (non-hydrogen) atoms. The van der Waals surface area contributed by atoms with E-state index >= 15 is 0 Å². The average molecular weight is 314 g/mol. The summed E-state index contributed by atoms with van der Waals surface area (Å²) in [4.78, 5) is 2.40. The van der Waals surface area contributed by atoms with Crippen molar-refractivity contribution in [2.24, 2.45) is 5.92 Å². The normalized spacial score (nSPS) is 20.1. The molecule has 1 rings (SSSR count). The van der Waals surface area contributed by atoms with Gasteiger partial charge in [0.1, 0.15) is 0 Å². The van der Waals surface area contributed by atoms with Crippen LogP contribution in [0.2, 0.25) is 0 Å². The number of aliphatic hydroxyl groups is 1. The van der Waals surface area contributed by atoms with Gasteiger partial charge in [0.05, 0.1) is 19.8 Å². The molecule has 0 aliphatic carbocycles. The SMILES string of the molecule is CCCC(CCC)CCCC1COCCN1CCO.[CaH2]. The van der Waals surface area contributed by atoms with Gasteiger partial charge in [-0.2, -0.15) is 0 Å². The molecule has 1 saturated heterocycles. The molecule has 0 spiro atoms. The summed E-state index contributed by atoms with van der Waals surface area (Å²) in [5.74, 6) is 0.922. The molecule has 0 aromatic heterocycles. The predicted molar refractivity (Wildman–Crippen MR) is 89.0 cm³/mol. The van der Waals surface area contributed by atoms with Crippen molar-refractivity contribution in [2.75, 3.05) is 32.9 Å². The Balaban J connectivity index is 0.00000361. The van der Waals surface area contributed by atoms with Crippen LogP contribution in [-0.2, 0) is 4.74 Å². The van der Waals surface area contributed by atoms with Crippen molar-refractivity contribution in [1.82, 2.24) is 4.90 Å². The van der Waals surface area contributed by atoms with Gasteiger partial charge in [-0.1, -0.05) is 52.4 Å². The van der Waals surface area contributed by atoms with Gasteiger partial charge in [-0.3, -0.25) is 4.90 Å². The Kier molecular flexibility index (Phi) is 14.6. The van der Waals surface area contributed by atoms with Crippen LogP contribution >= 0.6 is 0 Å². The molecule has 0 amide bonds. The molecule has 1 fully saturated rings. The van der Waals surface area contributed by atoms with Crippen LogP contribution < -0.4 is 0 Å². The van der Waals surface area contributed by atoms with E-state index in [0.29, 0.717) is 6.04 Å². The monoisotopic (exact) mass is 313 g/mol. The van der Waals surface area contributed by atoms with Crippen molar-refractivity contribution in [1.29, 1.82) is 0 Å². The number of hydrogen-bond acceptors (Lipinski definition) is 3. The van der Waals surface area contributed by atoms with Crippen LogP contribution in [0.1, 0.15) is 58.8 Å². The fraction of sp³-hybridized carbons (Fsp3) is 1.00. The Labute approximate surface area is 155 Å². The Morgan fingerprint density at radius 2 is 1.90 bits per heavy atom. The summed E-state index contributed by atoms with van der Waals surface area (Å²) in [6, 6.07) is 0.532. The van der Waals surface area contributed by atoms with E-state index in [1.54, 1.807) is 0 Å². The van der Waals surface area contributed by atoms with E-state index < -0.39 is 0 Å². The van der Waals surface area contributed by atoms with Crippen molar-refractivity contribution >= 4 is 37.7 Å². The first-order chi connectivity index (χ1) is 9.31. The number of hydrogen-bond donors (Lipinski definition) is 1. The molecule has 118 valence electrons. The van der Waals surface area contributed by atoms with Gasteiger partial charge in [0.15, 0.2) is 0 Å². The molecule has 3 nitrogen and oxygen atoms in total. The van der Waals surface area contributed by atoms with Crippen LogP contribution in [-0.4, -0.2) is 86.7 Å². The minimum atomic E-state index is 0. The van der Waals surface area contributed by atoms with Gasteiger partial charge in [-0.25, -0.2) is 0 Å². The van der Waals surface area contributed by atoms with Gasteiger partial charge in [0.25, 0.3) is 0 Å². The zero-order valence-electron chi connectivity index (χ0n) is 12.9. The van der Waals surface area contributed by atoms with Gasteiger partial charge >= 0.3 is 37.7 Å². The van der Waals surface area contributed by atoms with Crippen LogP contribution in [0.4, 0.5) is 0 Å². The van der Waals surface area contributed by atoms with Crippen molar-refractivity contribution in [3.8, 4) is 0 Å². The summed E-state index contributed by atoms with van der Waals surface area (Å²) < 4.78 is 5.59. The second-order valence-electron chi connectivity index (χ2n) is 5.86. The molecule has 0 aromatic rings. The zero-order valence-corrected chi connectivity index (χ0v) is 12.9. The molecular formula is C16H35CaNO2.